The number of ether oxygens (including phenoxy) is 2. The minimum Gasteiger partial charge on any atom is -0.487 e. The molecule has 0 unspecified atom stereocenters. The number of hydrogen-bond acceptors (Lipinski definition) is 5. The van der Waals surface area contributed by atoms with Gasteiger partial charge in [-0.3, -0.25) is 4.79 Å². The van der Waals surface area contributed by atoms with Crippen molar-refractivity contribution >= 4 is 21.9 Å². The summed E-state index contributed by atoms with van der Waals surface area (Å²) in [6.07, 6.45) is 3.11. The van der Waals surface area contributed by atoms with Crippen molar-refractivity contribution in [1.82, 2.24) is 15.0 Å². The predicted octanol–water partition coefficient (Wildman–Crippen LogP) is 5.30. The third-order valence-electron chi connectivity index (χ3n) is 6.79. The normalized spacial score (nSPS) is 21.5. The van der Waals surface area contributed by atoms with Crippen molar-refractivity contribution in [3.63, 3.8) is 0 Å². The van der Waals surface area contributed by atoms with Gasteiger partial charge < -0.3 is 9.47 Å². The largest absolute Gasteiger partial charge is 0.487 e. The summed E-state index contributed by atoms with van der Waals surface area (Å²) in [5, 5.41) is 7.92. The van der Waals surface area contributed by atoms with E-state index in [1.807, 2.05) is 26.8 Å². The van der Waals surface area contributed by atoms with Crippen LogP contribution in [0.5, 0.6) is 5.75 Å². The molecule has 0 saturated carbocycles. The average molecular weight is 518 g/mol. The smallest absolute Gasteiger partial charge is 0.309 e. The highest BCUT2D eigenvalue weighted by atomic mass is 79.9. The predicted molar refractivity (Wildman–Crippen MR) is 119 cm³/mol. The molecule has 0 spiro atoms. The molecular weight excluding hydrogens is 496 g/mol. The van der Waals surface area contributed by atoms with Crippen LogP contribution in [0.4, 0.5) is 8.78 Å². The zero-order valence-electron chi connectivity index (χ0n) is 18.4. The lowest BCUT2D eigenvalue weighted by Gasteiger charge is -2.31. The van der Waals surface area contributed by atoms with Gasteiger partial charge in [-0.1, -0.05) is 12.1 Å². The van der Waals surface area contributed by atoms with Crippen molar-refractivity contribution in [3.05, 3.63) is 68.5 Å². The molecule has 3 aromatic rings. The first-order chi connectivity index (χ1) is 15.8. The van der Waals surface area contributed by atoms with E-state index in [0.29, 0.717) is 21.6 Å². The van der Waals surface area contributed by atoms with Crippen LogP contribution in [0.2, 0.25) is 0 Å². The Morgan fingerprint density at radius 2 is 2.00 bits per heavy atom. The Hall–Kier alpha value is -2.81. The van der Waals surface area contributed by atoms with Crippen LogP contribution < -0.4 is 4.74 Å². The molecule has 172 valence electrons. The van der Waals surface area contributed by atoms with Gasteiger partial charge in [0.15, 0.2) is 11.6 Å². The zero-order chi connectivity index (χ0) is 23.4. The second-order valence-corrected chi connectivity index (χ2v) is 9.56. The number of nitrogens with zero attached hydrogens (tertiary/aromatic N) is 3. The summed E-state index contributed by atoms with van der Waals surface area (Å²) in [6, 6.07) is 4.10. The quantitative estimate of drug-likeness (QED) is 0.347. The number of hydrogen-bond donors (Lipinski definition) is 0. The van der Waals surface area contributed by atoms with Gasteiger partial charge in [-0.05, 0) is 71.4 Å². The molecule has 2 aromatic carbocycles. The molecule has 3 atom stereocenters. The summed E-state index contributed by atoms with van der Waals surface area (Å²) < 4.78 is 41.0. The maximum Gasteiger partial charge on any atom is 0.309 e. The Kier molecular flexibility index (Phi) is 5.47. The van der Waals surface area contributed by atoms with Gasteiger partial charge in [0.25, 0.3) is 0 Å². The first kappa shape index (κ1) is 22.0. The van der Waals surface area contributed by atoms with Gasteiger partial charge in [0.1, 0.15) is 24.2 Å². The maximum atomic E-state index is 13.8. The van der Waals surface area contributed by atoms with E-state index in [2.05, 4.69) is 26.2 Å². The Labute approximate surface area is 198 Å². The van der Waals surface area contributed by atoms with Crippen LogP contribution in [0.15, 0.2) is 28.9 Å². The summed E-state index contributed by atoms with van der Waals surface area (Å²) >= 11 is 3.25. The number of halogens is 3. The molecule has 0 N–H and O–H groups in total. The Bertz CT molecular complexity index is 1280. The lowest BCUT2D eigenvalue weighted by Crippen LogP contribution is -2.22. The van der Waals surface area contributed by atoms with Crippen molar-refractivity contribution in [2.24, 2.45) is 11.8 Å². The summed E-state index contributed by atoms with van der Waals surface area (Å²) in [7, 11) is 0. The van der Waals surface area contributed by atoms with Gasteiger partial charge in [0.05, 0.1) is 17.8 Å². The molecule has 9 heteroatoms. The molecule has 33 heavy (non-hydrogen) atoms. The number of aryl methyl sites for hydroxylation is 1. The molecular formula is C24H22BrF2N3O3. The molecule has 2 heterocycles. The van der Waals surface area contributed by atoms with Gasteiger partial charge in [-0.15, -0.1) is 5.10 Å². The first-order valence-corrected chi connectivity index (χ1v) is 11.6. The molecule has 2 aliphatic rings. The Morgan fingerprint density at radius 3 is 2.79 bits per heavy atom. The van der Waals surface area contributed by atoms with E-state index in [9.17, 15) is 13.6 Å². The number of carbonyl (C=O) groups is 1. The number of rotatable bonds is 4. The molecule has 6 nitrogen and oxygen atoms in total. The maximum absolute atomic E-state index is 13.8. The van der Waals surface area contributed by atoms with E-state index in [1.54, 1.807) is 0 Å². The highest BCUT2D eigenvalue weighted by Gasteiger charge is 2.46. The second-order valence-electron chi connectivity index (χ2n) is 8.70. The van der Waals surface area contributed by atoms with Crippen LogP contribution in [0, 0.1) is 37.3 Å². The minimum atomic E-state index is -0.980. The monoisotopic (exact) mass is 517 g/mol. The van der Waals surface area contributed by atoms with Crippen LogP contribution in [-0.2, 0) is 22.6 Å². The molecule has 1 fully saturated rings. The molecule has 1 aromatic heterocycles. The summed E-state index contributed by atoms with van der Waals surface area (Å²) in [6.45, 7) is 6.07. The van der Waals surface area contributed by atoms with Crippen molar-refractivity contribution < 1.29 is 23.0 Å². The van der Waals surface area contributed by atoms with E-state index in [1.165, 1.54) is 16.4 Å². The highest BCUT2D eigenvalue weighted by molar-refractivity contribution is 9.10. The van der Waals surface area contributed by atoms with Crippen molar-refractivity contribution in [1.29, 1.82) is 0 Å². The molecule has 1 aliphatic carbocycles. The molecule has 1 saturated heterocycles. The van der Waals surface area contributed by atoms with Crippen LogP contribution >= 0.6 is 15.9 Å². The Morgan fingerprint density at radius 1 is 1.24 bits per heavy atom. The van der Waals surface area contributed by atoms with E-state index < -0.39 is 11.6 Å². The zero-order valence-corrected chi connectivity index (χ0v) is 19.9. The van der Waals surface area contributed by atoms with Crippen molar-refractivity contribution in [2.45, 2.75) is 46.3 Å². The number of benzene rings is 2. The van der Waals surface area contributed by atoms with Crippen molar-refractivity contribution in [2.75, 3.05) is 0 Å². The fourth-order valence-corrected chi connectivity index (χ4v) is 5.44. The standard InChI is InChI=1S/C24H22BrF2N3O3/c1-11-6-21(13(3)22-15(11)4-5-16-12(2)24(31)33-23(16)22)32-10-14-9-28-29-30(14)20-8-19(27)18(26)7-17(20)25/h6-9,12,16,23H,4-5,10H2,1-3H3/t12-,16-,23+/m0/s1. The van der Waals surface area contributed by atoms with Crippen LogP contribution in [-0.4, -0.2) is 21.0 Å². The first-order valence-electron chi connectivity index (χ1n) is 10.8. The molecule has 5 rings (SSSR count). The summed E-state index contributed by atoms with van der Waals surface area (Å²) in [4.78, 5) is 12.2. The van der Waals surface area contributed by atoms with Crippen LogP contribution in [0.1, 0.15) is 47.4 Å². The number of fused-ring (bicyclic) bond motifs is 3. The van der Waals surface area contributed by atoms with E-state index >= 15 is 0 Å². The third-order valence-corrected chi connectivity index (χ3v) is 7.43. The number of carbonyl (C=O) groups excluding carboxylic acids is 1. The molecule has 0 bridgehead atoms. The average Bonchev–Trinajstić information content (AvgIpc) is 3.36. The second kappa shape index (κ2) is 8.20. The molecule has 0 amide bonds. The fraction of sp³-hybridized carbons (Fsp3) is 0.375. The minimum absolute atomic E-state index is 0.109. The van der Waals surface area contributed by atoms with E-state index in [-0.39, 0.29) is 30.5 Å². The van der Waals surface area contributed by atoms with Gasteiger partial charge in [0.2, 0.25) is 0 Å². The van der Waals surface area contributed by atoms with E-state index in [0.717, 1.165) is 41.7 Å². The topological polar surface area (TPSA) is 66.2 Å². The fourth-order valence-electron chi connectivity index (χ4n) is 4.96. The van der Waals surface area contributed by atoms with Gasteiger partial charge in [-0.2, -0.15) is 0 Å². The SMILES string of the molecule is Cc1cc(OCc2cnnn2-c2cc(F)c(F)cc2Br)c(C)c2c1CC[C@H]1[C@H](C)C(=O)O[C@@H]21. The number of aromatic nitrogens is 3. The van der Waals surface area contributed by atoms with Gasteiger partial charge in [-0.25, -0.2) is 13.5 Å². The summed E-state index contributed by atoms with van der Waals surface area (Å²) in [5.41, 5.74) is 5.19. The van der Waals surface area contributed by atoms with Crippen LogP contribution in [0.25, 0.3) is 5.69 Å². The molecule has 0 radical (unpaired) electrons. The highest BCUT2D eigenvalue weighted by Crippen LogP contribution is 2.49. The van der Waals surface area contributed by atoms with Gasteiger partial charge in [0, 0.05) is 22.0 Å². The molecule has 1 aliphatic heterocycles. The van der Waals surface area contributed by atoms with Crippen LogP contribution in [0.3, 0.4) is 0 Å². The van der Waals surface area contributed by atoms with E-state index in [4.69, 9.17) is 9.47 Å². The third kappa shape index (κ3) is 3.62. The van der Waals surface area contributed by atoms with Gasteiger partial charge >= 0.3 is 5.97 Å². The Balaban J connectivity index is 1.46. The lowest BCUT2D eigenvalue weighted by molar-refractivity contribution is -0.144. The number of esters is 1. The lowest BCUT2D eigenvalue weighted by atomic mass is 9.74. The van der Waals surface area contributed by atoms with Crippen molar-refractivity contribution in [3.8, 4) is 11.4 Å². The summed E-state index contributed by atoms with van der Waals surface area (Å²) in [5.74, 6) is -1.33.